The number of phenolic OH excluding ortho intramolecular Hbond substituents is 1. The van der Waals surface area contributed by atoms with Gasteiger partial charge >= 0.3 is 0 Å². The smallest absolute Gasteiger partial charge is 0.167 e. The van der Waals surface area contributed by atoms with E-state index in [-0.39, 0.29) is 0 Å². The highest BCUT2D eigenvalue weighted by Gasteiger charge is 2.33. The average molecular weight is 363 g/mol. The zero-order chi connectivity index (χ0) is 19.2. The molecule has 0 aliphatic carbocycles. The molecule has 27 heavy (non-hydrogen) atoms. The molecule has 0 bridgehead atoms. The van der Waals surface area contributed by atoms with E-state index in [1.54, 1.807) is 0 Å². The number of aromatic hydroxyl groups is 1. The number of nitrogens with one attached hydrogen (secondary N) is 1. The van der Waals surface area contributed by atoms with Gasteiger partial charge in [0.15, 0.2) is 5.60 Å². The Bertz CT molecular complexity index is 984. The van der Waals surface area contributed by atoms with E-state index < -0.39 is 5.60 Å². The molecule has 2 N–H and O–H groups in total. The Morgan fingerprint density at radius 2 is 1.96 bits per heavy atom. The second-order valence-electron chi connectivity index (χ2n) is 7.60. The van der Waals surface area contributed by atoms with Crippen molar-refractivity contribution in [1.82, 2.24) is 0 Å². The molecule has 0 radical (unpaired) electrons. The molecule has 2 aromatic rings. The first-order chi connectivity index (χ1) is 12.9. The van der Waals surface area contributed by atoms with E-state index in [9.17, 15) is 5.11 Å². The van der Waals surface area contributed by atoms with Crippen LogP contribution in [0.15, 0.2) is 18.2 Å². The standard InChI is InChI=1S/C23H25NO3/c1-14-15(2)22-18(16(3)21(14)25)8-10-23(4,27-22)9-7-17-5-6-20-19(13-17)24-11-12-26-20/h5-6,13,24-25H,8,10-12H2,1-4H3. The van der Waals surface area contributed by atoms with Crippen molar-refractivity contribution in [3.8, 4) is 29.1 Å². The summed E-state index contributed by atoms with van der Waals surface area (Å²) in [5.41, 5.74) is 5.28. The summed E-state index contributed by atoms with van der Waals surface area (Å²) in [4.78, 5) is 0. The molecule has 0 saturated carbocycles. The molecule has 0 spiro atoms. The molecule has 0 amide bonds. The van der Waals surface area contributed by atoms with Gasteiger partial charge in [0.25, 0.3) is 0 Å². The fourth-order valence-electron chi connectivity index (χ4n) is 3.76. The highest BCUT2D eigenvalue weighted by molar-refractivity contribution is 5.62. The van der Waals surface area contributed by atoms with E-state index in [0.717, 1.165) is 64.4 Å². The molecule has 1 atom stereocenters. The maximum Gasteiger partial charge on any atom is 0.167 e. The topological polar surface area (TPSA) is 50.7 Å². The van der Waals surface area contributed by atoms with Crippen molar-refractivity contribution in [2.24, 2.45) is 0 Å². The number of ether oxygens (including phenoxy) is 2. The quantitative estimate of drug-likeness (QED) is 0.687. The molecule has 2 aliphatic rings. The van der Waals surface area contributed by atoms with Crippen LogP contribution in [0.5, 0.6) is 17.2 Å². The van der Waals surface area contributed by atoms with Crippen LogP contribution in [-0.4, -0.2) is 23.9 Å². The molecular formula is C23H25NO3. The van der Waals surface area contributed by atoms with Crippen LogP contribution in [-0.2, 0) is 6.42 Å². The lowest BCUT2D eigenvalue weighted by Gasteiger charge is -2.34. The summed E-state index contributed by atoms with van der Waals surface area (Å²) in [6.45, 7) is 9.44. The first kappa shape index (κ1) is 17.6. The van der Waals surface area contributed by atoms with Crippen LogP contribution in [0.25, 0.3) is 0 Å². The molecule has 2 aliphatic heterocycles. The molecule has 1 unspecified atom stereocenters. The minimum atomic E-state index is -0.548. The van der Waals surface area contributed by atoms with E-state index >= 15 is 0 Å². The maximum atomic E-state index is 10.3. The van der Waals surface area contributed by atoms with E-state index in [1.807, 2.05) is 45.9 Å². The predicted molar refractivity (Wildman–Crippen MR) is 107 cm³/mol. The number of anilines is 1. The lowest BCUT2D eigenvalue weighted by Crippen LogP contribution is -2.35. The Morgan fingerprint density at radius 3 is 2.78 bits per heavy atom. The van der Waals surface area contributed by atoms with Crippen molar-refractivity contribution >= 4 is 5.69 Å². The molecule has 2 heterocycles. The number of rotatable bonds is 0. The van der Waals surface area contributed by atoms with Gasteiger partial charge in [0.2, 0.25) is 0 Å². The van der Waals surface area contributed by atoms with Gasteiger partial charge in [-0.05, 0) is 69.0 Å². The van der Waals surface area contributed by atoms with E-state index in [0.29, 0.717) is 12.4 Å². The summed E-state index contributed by atoms with van der Waals surface area (Å²) in [6.07, 6.45) is 1.64. The Morgan fingerprint density at radius 1 is 1.15 bits per heavy atom. The summed E-state index contributed by atoms with van der Waals surface area (Å²) in [5, 5.41) is 13.7. The van der Waals surface area contributed by atoms with Crippen LogP contribution < -0.4 is 14.8 Å². The predicted octanol–water partition coefficient (Wildman–Crippen LogP) is 4.26. The van der Waals surface area contributed by atoms with Gasteiger partial charge in [-0.15, -0.1) is 0 Å². The number of hydrogen-bond acceptors (Lipinski definition) is 4. The lowest BCUT2D eigenvalue weighted by molar-refractivity contribution is 0.122. The highest BCUT2D eigenvalue weighted by atomic mass is 16.5. The number of hydrogen-bond donors (Lipinski definition) is 2. The van der Waals surface area contributed by atoms with Crippen molar-refractivity contribution in [2.45, 2.75) is 46.1 Å². The molecule has 0 aromatic heterocycles. The van der Waals surface area contributed by atoms with Gasteiger partial charge in [0.05, 0.1) is 5.69 Å². The molecule has 2 aromatic carbocycles. The van der Waals surface area contributed by atoms with Gasteiger partial charge in [0, 0.05) is 24.1 Å². The van der Waals surface area contributed by atoms with Crippen molar-refractivity contribution < 1.29 is 14.6 Å². The Balaban J connectivity index is 1.65. The zero-order valence-corrected chi connectivity index (χ0v) is 16.3. The highest BCUT2D eigenvalue weighted by Crippen LogP contribution is 2.43. The maximum absolute atomic E-state index is 10.3. The third-order valence-corrected chi connectivity index (χ3v) is 5.65. The second-order valence-corrected chi connectivity index (χ2v) is 7.60. The van der Waals surface area contributed by atoms with Crippen LogP contribution in [0.4, 0.5) is 5.69 Å². The fraction of sp³-hybridized carbons (Fsp3) is 0.391. The first-order valence-corrected chi connectivity index (χ1v) is 9.42. The summed E-state index contributed by atoms with van der Waals surface area (Å²) in [6, 6.07) is 5.97. The van der Waals surface area contributed by atoms with Gasteiger partial charge in [-0.1, -0.05) is 11.8 Å². The lowest BCUT2D eigenvalue weighted by atomic mass is 9.87. The molecular weight excluding hydrogens is 338 g/mol. The summed E-state index contributed by atoms with van der Waals surface area (Å²) >= 11 is 0. The zero-order valence-electron chi connectivity index (χ0n) is 16.3. The van der Waals surface area contributed by atoms with Crippen molar-refractivity contribution in [3.63, 3.8) is 0 Å². The molecule has 4 nitrogen and oxygen atoms in total. The van der Waals surface area contributed by atoms with Crippen molar-refractivity contribution in [1.29, 1.82) is 0 Å². The Kier molecular flexibility index (Phi) is 4.19. The number of benzene rings is 2. The largest absolute Gasteiger partial charge is 0.507 e. The van der Waals surface area contributed by atoms with E-state index in [2.05, 4.69) is 17.2 Å². The van der Waals surface area contributed by atoms with Crippen LogP contribution in [0.3, 0.4) is 0 Å². The fourth-order valence-corrected chi connectivity index (χ4v) is 3.76. The summed E-state index contributed by atoms with van der Waals surface area (Å²) in [5.74, 6) is 8.76. The van der Waals surface area contributed by atoms with Gasteiger partial charge in [0.1, 0.15) is 23.9 Å². The first-order valence-electron chi connectivity index (χ1n) is 9.42. The van der Waals surface area contributed by atoms with Crippen LogP contribution >= 0.6 is 0 Å². The minimum Gasteiger partial charge on any atom is -0.507 e. The molecule has 4 heteroatoms. The Hall–Kier alpha value is -2.80. The number of fused-ring (bicyclic) bond motifs is 2. The van der Waals surface area contributed by atoms with Crippen LogP contribution in [0.1, 0.15) is 41.2 Å². The third kappa shape index (κ3) is 3.08. The van der Waals surface area contributed by atoms with Gasteiger partial charge in [-0.25, -0.2) is 0 Å². The van der Waals surface area contributed by atoms with Crippen molar-refractivity contribution in [3.05, 3.63) is 46.0 Å². The van der Waals surface area contributed by atoms with Crippen LogP contribution in [0, 0.1) is 32.6 Å². The Labute approximate surface area is 160 Å². The normalized spacial score (nSPS) is 20.1. The van der Waals surface area contributed by atoms with Crippen LogP contribution in [0.2, 0.25) is 0 Å². The summed E-state index contributed by atoms with van der Waals surface area (Å²) in [7, 11) is 0. The SMILES string of the molecule is Cc1c(C)c2c(c(C)c1O)CCC(C)(C#Cc1ccc3c(c1)NCCO3)O2. The van der Waals surface area contributed by atoms with E-state index in [1.165, 1.54) is 0 Å². The van der Waals surface area contributed by atoms with Gasteiger partial charge in [-0.2, -0.15) is 0 Å². The van der Waals surface area contributed by atoms with Gasteiger partial charge in [-0.3, -0.25) is 0 Å². The minimum absolute atomic E-state index is 0.383. The molecule has 0 saturated heterocycles. The number of phenols is 1. The average Bonchev–Trinajstić information content (AvgIpc) is 2.69. The van der Waals surface area contributed by atoms with E-state index in [4.69, 9.17) is 9.47 Å². The molecule has 0 fully saturated rings. The molecule has 4 rings (SSSR count). The van der Waals surface area contributed by atoms with Crippen molar-refractivity contribution in [2.75, 3.05) is 18.5 Å². The summed E-state index contributed by atoms with van der Waals surface area (Å²) < 4.78 is 12.0. The van der Waals surface area contributed by atoms with Gasteiger partial charge < -0.3 is 19.9 Å². The monoisotopic (exact) mass is 363 g/mol. The molecule has 140 valence electrons. The second kappa shape index (κ2) is 6.42. The third-order valence-electron chi connectivity index (χ3n) is 5.65.